The number of urea groups is 1. The zero-order chi connectivity index (χ0) is 19.5. The lowest BCUT2D eigenvalue weighted by molar-refractivity contribution is -0.123. The van der Waals surface area contributed by atoms with Crippen LogP contribution >= 0.6 is 0 Å². The fourth-order valence-electron chi connectivity index (χ4n) is 2.75. The van der Waals surface area contributed by atoms with Gasteiger partial charge in [-0.05, 0) is 43.5 Å². The normalized spacial score (nSPS) is 14.1. The van der Waals surface area contributed by atoms with Gasteiger partial charge in [0, 0.05) is 6.04 Å². The van der Waals surface area contributed by atoms with E-state index in [0.717, 1.165) is 32.1 Å². The fourth-order valence-corrected chi connectivity index (χ4v) is 2.75. The molecule has 0 atom stereocenters. The highest BCUT2D eigenvalue weighted by Crippen LogP contribution is 2.17. The summed E-state index contributed by atoms with van der Waals surface area (Å²) in [6, 6.07) is 6.04. The van der Waals surface area contributed by atoms with Gasteiger partial charge in [0.2, 0.25) is 0 Å². The topological polar surface area (TPSA) is 106 Å². The molecule has 1 aromatic carbocycles. The Kier molecular flexibility index (Phi) is 8.41. The van der Waals surface area contributed by atoms with Gasteiger partial charge in [0.25, 0.3) is 5.91 Å². The number of ether oxygens (including phenoxy) is 2. The van der Waals surface area contributed by atoms with Crippen molar-refractivity contribution in [2.75, 3.05) is 13.2 Å². The van der Waals surface area contributed by atoms with Gasteiger partial charge in [0.1, 0.15) is 5.75 Å². The summed E-state index contributed by atoms with van der Waals surface area (Å²) >= 11 is 0. The Morgan fingerprint density at radius 1 is 1.04 bits per heavy atom. The molecular formula is C19H27N3O5. The SMILES string of the molecule is CCCOC(=O)c1ccc(OCC(=O)NNC(=O)NC2CCCCC2)cc1. The second-order valence-corrected chi connectivity index (χ2v) is 6.43. The Balaban J connectivity index is 1.65. The Morgan fingerprint density at radius 3 is 2.41 bits per heavy atom. The van der Waals surface area contributed by atoms with Gasteiger partial charge in [-0.2, -0.15) is 0 Å². The number of hydrogen-bond acceptors (Lipinski definition) is 5. The number of nitrogens with one attached hydrogen (secondary N) is 3. The lowest BCUT2D eigenvalue weighted by Gasteiger charge is -2.22. The van der Waals surface area contributed by atoms with Crippen molar-refractivity contribution in [2.24, 2.45) is 0 Å². The van der Waals surface area contributed by atoms with Crippen LogP contribution in [0.25, 0.3) is 0 Å². The number of esters is 1. The van der Waals surface area contributed by atoms with Crippen molar-refractivity contribution in [1.82, 2.24) is 16.2 Å². The minimum atomic E-state index is -0.486. The van der Waals surface area contributed by atoms with Crippen molar-refractivity contribution in [2.45, 2.75) is 51.5 Å². The van der Waals surface area contributed by atoms with Crippen molar-refractivity contribution in [3.8, 4) is 5.75 Å². The van der Waals surface area contributed by atoms with Crippen LogP contribution in [0.1, 0.15) is 55.8 Å². The summed E-state index contributed by atoms with van der Waals surface area (Å²) in [6.45, 7) is 2.03. The molecule has 0 unspecified atom stereocenters. The average Bonchev–Trinajstić information content (AvgIpc) is 2.70. The molecule has 0 spiro atoms. The Morgan fingerprint density at radius 2 is 1.74 bits per heavy atom. The predicted molar refractivity (Wildman–Crippen MR) is 99.2 cm³/mol. The van der Waals surface area contributed by atoms with E-state index in [1.165, 1.54) is 6.42 Å². The molecule has 8 heteroatoms. The summed E-state index contributed by atoms with van der Waals surface area (Å²) in [6.07, 6.45) is 6.11. The summed E-state index contributed by atoms with van der Waals surface area (Å²) < 4.78 is 10.4. The van der Waals surface area contributed by atoms with E-state index in [4.69, 9.17) is 9.47 Å². The molecule has 27 heavy (non-hydrogen) atoms. The van der Waals surface area contributed by atoms with Gasteiger partial charge in [0.15, 0.2) is 6.61 Å². The minimum Gasteiger partial charge on any atom is -0.484 e. The van der Waals surface area contributed by atoms with Crippen LogP contribution in [0, 0.1) is 0 Å². The largest absolute Gasteiger partial charge is 0.484 e. The molecule has 0 aromatic heterocycles. The molecule has 0 bridgehead atoms. The highest BCUT2D eigenvalue weighted by Gasteiger charge is 2.15. The van der Waals surface area contributed by atoms with Crippen LogP contribution in [-0.2, 0) is 9.53 Å². The first-order valence-corrected chi connectivity index (χ1v) is 9.34. The number of hydrogen-bond donors (Lipinski definition) is 3. The molecular weight excluding hydrogens is 350 g/mol. The van der Waals surface area contributed by atoms with Gasteiger partial charge >= 0.3 is 12.0 Å². The monoisotopic (exact) mass is 377 g/mol. The number of carbonyl (C=O) groups is 3. The molecule has 3 N–H and O–H groups in total. The van der Waals surface area contributed by atoms with Crippen LogP contribution in [0.4, 0.5) is 4.79 Å². The summed E-state index contributed by atoms with van der Waals surface area (Å²) in [7, 11) is 0. The quantitative estimate of drug-likeness (QED) is 0.499. The predicted octanol–water partition coefficient (Wildman–Crippen LogP) is 2.30. The number of carbonyl (C=O) groups excluding carboxylic acids is 3. The molecule has 1 saturated carbocycles. The van der Waals surface area contributed by atoms with E-state index in [-0.39, 0.29) is 12.6 Å². The summed E-state index contributed by atoms with van der Waals surface area (Å²) in [5.41, 5.74) is 5.03. The molecule has 8 nitrogen and oxygen atoms in total. The van der Waals surface area contributed by atoms with E-state index in [0.29, 0.717) is 17.9 Å². The van der Waals surface area contributed by atoms with Crippen molar-refractivity contribution in [3.05, 3.63) is 29.8 Å². The van der Waals surface area contributed by atoms with E-state index in [2.05, 4.69) is 16.2 Å². The second-order valence-electron chi connectivity index (χ2n) is 6.43. The highest BCUT2D eigenvalue weighted by atomic mass is 16.5. The molecule has 1 aliphatic carbocycles. The van der Waals surface area contributed by atoms with E-state index < -0.39 is 17.9 Å². The third-order valence-electron chi connectivity index (χ3n) is 4.15. The number of rotatable bonds is 7. The summed E-state index contributed by atoms with van der Waals surface area (Å²) in [5.74, 6) is -0.446. The van der Waals surface area contributed by atoms with E-state index >= 15 is 0 Å². The number of hydrazine groups is 1. The van der Waals surface area contributed by atoms with Crippen molar-refractivity contribution < 1.29 is 23.9 Å². The molecule has 3 amide bonds. The van der Waals surface area contributed by atoms with Crippen LogP contribution in [-0.4, -0.2) is 37.2 Å². The first kappa shape index (κ1) is 20.5. The lowest BCUT2D eigenvalue weighted by atomic mass is 9.96. The van der Waals surface area contributed by atoms with Crippen LogP contribution in [0.3, 0.4) is 0 Å². The van der Waals surface area contributed by atoms with Gasteiger partial charge in [-0.1, -0.05) is 26.2 Å². The molecule has 148 valence electrons. The molecule has 1 aliphatic rings. The van der Waals surface area contributed by atoms with Gasteiger partial charge in [-0.15, -0.1) is 0 Å². The number of amides is 3. The maximum absolute atomic E-state index is 11.8. The molecule has 0 radical (unpaired) electrons. The van der Waals surface area contributed by atoms with Gasteiger partial charge in [-0.3, -0.25) is 10.2 Å². The molecule has 0 heterocycles. The Hall–Kier alpha value is -2.77. The highest BCUT2D eigenvalue weighted by molar-refractivity contribution is 5.89. The maximum atomic E-state index is 11.8. The summed E-state index contributed by atoms with van der Waals surface area (Å²) in [4.78, 5) is 35.2. The fraction of sp³-hybridized carbons (Fsp3) is 0.526. The summed E-state index contributed by atoms with van der Waals surface area (Å²) in [5, 5.41) is 2.83. The van der Waals surface area contributed by atoms with Gasteiger partial charge < -0.3 is 14.8 Å². The molecule has 0 aliphatic heterocycles. The smallest absolute Gasteiger partial charge is 0.338 e. The van der Waals surface area contributed by atoms with E-state index in [9.17, 15) is 14.4 Å². The van der Waals surface area contributed by atoms with Crippen molar-refractivity contribution in [1.29, 1.82) is 0 Å². The van der Waals surface area contributed by atoms with Crippen LogP contribution < -0.4 is 20.9 Å². The Labute approximate surface area is 159 Å². The van der Waals surface area contributed by atoms with E-state index in [1.54, 1.807) is 24.3 Å². The van der Waals surface area contributed by atoms with E-state index in [1.807, 2.05) is 6.92 Å². The second kappa shape index (κ2) is 11.1. The van der Waals surface area contributed by atoms with Crippen LogP contribution in [0.2, 0.25) is 0 Å². The first-order chi connectivity index (χ1) is 13.1. The number of benzene rings is 1. The van der Waals surface area contributed by atoms with Crippen LogP contribution in [0.5, 0.6) is 5.75 Å². The van der Waals surface area contributed by atoms with Gasteiger partial charge in [0.05, 0.1) is 12.2 Å². The van der Waals surface area contributed by atoms with Crippen molar-refractivity contribution >= 4 is 17.9 Å². The maximum Gasteiger partial charge on any atom is 0.338 e. The average molecular weight is 377 g/mol. The standard InChI is InChI=1S/C19H27N3O5/c1-2-12-26-18(24)14-8-10-16(11-9-14)27-13-17(23)21-22-19(25)20-15-6-4-3-5-7-15/h8-11,15H,2-7,12-13H2,1H3,(H,21,23)(H2,20,22,25). The molecule has 1 fully saturated rings. The zero-order valence-corrected chi connectivity index (χ0v) is 15.6. The van der Waals surface area contributed by atoms with Crippen molar-refractivity contribution in [3.63, 3.8) is 0 Å². The minimum absolute atomic E-state index is 0.162. The molecule has 0 saturated heterocycles. The third kappa shape index (κ3) is 7.55. The molecule has 2 rings (SSSR count). The Bertz CT molecular complexity index is 627. The first-order valence-electron chi connectivity index (χ1n) is 9.34. The lowest BCUT2D eigenvalue weighted by Crippen LogP contribution is -2.51. The van der Waals surface area contributed by atoms with Crippen LogP contribution in [0.15, 0.2) is 24.3 Å². The third-order valence-corrected chi connectivity index (χ3v) is 4.15. The zero-order valence-electron chi connectivity index (χ0n) is 15.6. The molecule has 1 aromatic rings. The van der Waals surface area contributed by atoms with Gasteiger partial charge in [-0.25, -0.2) is 15.0 Å².